The number of nitrogens with one attached hydrogen (secondary N) is 1. The number of hydrogen-bond acceptors (Lipinski definition) is 5. The molecule has 21 heavy (non-hydrogen) atoms. The number of pyridine rings is 1. The number of fused-ring (bicyclic) bond motifs is 1. The Hall–Kier alpha value is -2.43. The van der Waals surface area contributed by atoms with Gasteiger partial charge in [0.1, 0.15) is 13.2 Å². The van der Waals surface area contributed by atoms with Crippen LogP contribution in [0.1, 0.15) is 12.5 Å². The number of hydrogen-bond donors (Lipinski definition) is 1. The van der Waals surface area contributed by atoms with E-state index in [9.17, 15) is 0 Å². The number of benzene rings is 1. The van der Waals surface area contributed by atoms with Crippen molar-refractivity contribution in [3.8, 4) is 17.4 Å². The van der Waals surface area contributed by atoms with Gasteiger partial charge in [-0.1, -0.05) is 12.1 Å². The van der Waals surface area contributed by atoms with Crippen molar-refractivity contribution in [3.63, 3.8) is 0 Å². The average molecular weight is 286 g/mol. The van der Waals surface area contributed by atoms with Gasteiger partial charge in [-0.15, -0.1) is 0 Å². The molecule has 2 aromatic rings. The zero-order chi connectivity index (χ0) is 14.5. The van der Waals surface area contributed by atoms with Crippen LogP contribution in [0.4, 0.5) is 5.69 Å². The van der Waals surface area contributed by atoms with Crippen molar-refractivity contribution in [2.24, 2.45) is 0 Å². The summed E-state index contributed by atoms with van der Waals surface area (Å²) in [7, 11) is 0. The monoisotopic (exact) mass is 286 g/mol. The number of rotatable bonds is 5. The van der Waals surface area contributed by atoms with Crippen LogP contribution in [-0.4, -0.2) is 24.8 Å². The predicted molar refractivity (Wildman–Crippen MR) is 80.2 cm³/mol. The van der Waals surface area contributed by atoms with Gasteiger partial charge in [0, 0.05) is 18.3 Å². The third-order valence-corrected chi connectivity index (χ3v) is 3.17. The highest BCUT2D eigenvalue weighted by molar-refractivity contribution is 5.54. The fourth-order valence-electron chi connectivity index (χ4n) is 2.24. The van der Waals surface area contributed by atoms with Crippen LogP contribution in [-0.2, 0) is 6.54 Å². The first-order valence-corrected chi connectivity index (χ1v) is 7.07. The molecule has 0 aliphatic carbocycles. The maximum atomic E-state index is 5.71. The summed E-state index contributed by atoms with van der Waals surface area (Å²) in [4.78, 5) is 4.23. The highest BCUT2D eigenvalue weighted by atomic mass is 16.6. The molecule has 5 heteroatoms. The Kier molecular flexibility index (Phi) is 4.09. The first kappa shape index (κ1) is 13.5. The van der Waals surface area contributed by atoms with Crippen molar-refractivity contribution >= 4 is 5.69 Å². The Bertz CT molecular complexity index is 616. The normalized spacial score (nSPS) is 12.8. The van der Waals surface area contributed by atoms with Gasteiger partial charge in [0.25, 0.3) is 0 Å². The number of anilines is 1. The average Bonchev–Trinajstić information content (AvgIpc) is 2.54. The van der Waals surface area contributed by atoms with E-state index in [1.165, 1.54) is 0 Å². The molecule has 0 amide bonds. The molecule has 0 fully saturated rings. The van der Waals surface area contributed by atoms with E-state index in [0.29, 0.717) is 32.2 Å². The largest absolute Gasteiger partial charge is 0.486 e. The molecule has 1 aromatic heterocycles. The number of nitrogens with zero attached hydrogens (tertiary/aromatic N) is 1. The van der Waals surface area contributed by atoms with Gasteiger partial charge in [-0.2, -0.15) is 0 Å². The molecule has 5 nitrogen and oxygen atoms in total. The Morgan fingerprint density at radius 3 is 3.00 bits per heavy atom. The van der Waals surface area contributed by atoms with Crippen molar-refractivity contribution in [2.45, 2.75) is 13.5 Å². The third kappa shape index (κ3) is 3.02. The van der Waals surface area contributed by atoms with Crippen molar-refractivity contribution in [3.05, 3.63) is 42.1 Å². The van der Waals surface area contributed by atoms with E-state index in [0.717, 1.165) is 22.7 Å². The van der Waals surface area contributed by atoms with Gasteiger partial charge < -0.3 is 19.5 Å². The summed E-state index contributed by atoms with van der Waals surface area (Å²) in [6.07, 6.45) is 1.72. The summed E-state index contributed by atoms with van der Waals surface area (Å²) < 4.78 is 16.8. The minimum absolute atomic E-state index is 0.584. The van der Waals surface area contributed by atoms with Crippen LogP contribution in [0.5, 0.6) is 17.4 Å². The lowest BCUT2D eigenvalue weighted by Crippen LogP contribution is -2.17. The van der Waals surface area contributed by atoms with Crippen LogP contribution in [0.2, 0.25) is 0 Å². The number of para-hydroxylation sites is 1. The van der Waals surface area contributed by atoms with E-state index >= 15 is 0 Å². The van der Waals surface area contributed by atoms with Crippen molar-refractivity contribution in [1.29, 1.82) is 0 Å². The summed E-state index contributed by atoms with van der Waals surface area (Å²) >= 11 is 0. The summed E-state index contributed by atoms with van der Waals surface area (Å²) in [5.41, 5.74) is 1.92. The quantitative estimate of drug-likeness (QED) is 0.916. The summed E-state index contributed by atoms with van der Waals surface area (Å²) in [5, 5.41) is 3.34. The smallest absolute Gasteiger partial charge is 0.237 e. The molecular formula is C16H18N2O3. The lowest BCUT2D eigenvalue weighted by atomic mass is 10.1. The molecule has 1 N–H and O–H groups in total. The van der Waals surface area contributed by atoms with Gasteiger partial charge >= 0.3 is 0 Å². The van der Waals surface area contributed by atoms with Gasteiger partial charge in [-0.05, 0) is 25.1 Å². The van der Waals surface area contributed by atoms with Gasteiger partial charge in [-0.25, -0.2) is 4.98 Å². The van der Waals surface area contributed by atoms with E-state index in [4.69, 9.17) is 14.2 Å². The third-order valence-electron chi connectivity index (χ3n) is 3.17. The first-order chi connectivity index (χ1) is 10.4. The molecule has 0 saturated carbocycles. The number of ether oxygens (including phenoxy) is 3. The summed E-state index contributed by atoms with van der Waals surface area (Å²) in [5.74, 6) is 2.23. The van der Waals surface area contributed by atoms with E-state index in [1.807, 2.05) is 37.3 Å². The van der Waals surface area contributed by atoms with Crippen LogP contribution in [0.3, 0.4) is 0 Å². The fourth-order valence-corrected chi connectivity index (χ4v) is 2.24. The van der Waals surface area contributed by atoms with E-state index in [1.54, 1.807) is 6.20 Å². The number of aromatic nitrogens is 1. The van der Waals surface area contributed by atoms with E-state index in [2.05, 4.69) is 10.3 Å². The standard InChI is InChI=1S/C16H18N2O3/c1-2-19-16-13(6-4-8-17-16)18-11-12-5-3-7-14-15(12)21-10-9-20-14/h3-8,18H,2,9-11H2,1H3. The Morgan fingerprint density at radius 2 is 2.10 bits per heavy atom. The zero-order valence-corrected chi connectivity index (χ0v) is 12.0. The molecule has 0 atom stereocenters. The van der Waals surface area contributed by atoms with Crippen LogP contribution >= 0.6 is 0 Å². The van der Waals surface area contributed by atoms with Gasteiger partial charge in [-0.3, -0.25) is 0 Å². The van der Waals surface area contributed by atoms with Crippen molar-refractivity contribution in [1.82, 2.24) is 4.98 Å². The molecular weight excluding hydrogens is 268 g/mol. The second-order valence-corrected chi connectivity index (χ2v) is 4.58. The highest BCUT2D eigenvalue weighted by Crippen LogP contribution is 2.34. The van der Waals surface area contributed by atoms with E-state index < -0.39 is 0 Å². The maximum Gasteiger partial charge on any atom is 0.237 e. The zero-order valence-electron chi connectivity index (χ0n) is 12.0. The van der Waals surface area contributed by atoms with Gasteiger partial charge in [0.2, 0.25) is 5.88 Å². The molecule has 110 valence electrons. The lowest BCUT2D eigenvalue weighted by molar-refractivity contribution is 0.170. The molecule has 0 spiro atoms. The maximum absolute atomic E-state index is 5.71. The lowest BCUT2D eigenvalue weighted by Gasteiger charge is -2.21. The summed E-state index contributed by atoms with van der Waals surface area (Å²) in [6.45, 7) is 4.33. The second-order valence-electron chi connectivity index (χ2n) is 4.58. The predicted octanol–water partition coefficient (Wildman–Crippen LogP) is 2.86. The van der Waals surface area contributed by atoms with Crippen molar-refractivity contribution in [2.75, 3.05) is 25.1 Å². The van der Waals surface area contributed by atoms with Crippen molar-refractivity contribution < 1.29 is 14.2 Å². The Labute approximate surface area is 123 Å². The molecule has 0 bridgehead atoms. The summed E-state index contributed by atoms with van der Waals surface area (Å²) in [6, 6.07) is 9.75. The molecule has 1 aromatic carbocycles. The van der Waals surface area contributed by atoms with Gasteiger partial charge in [0.05, 0.1) is 12.3 Å². The molecule has 1 aliphatic rings. The Morgan fingerprint density at radius 1 is 1.19 bits per heavy atom. The van der Waals surface area contributed by atoms with Crippen LogP contribution < -0.4 is 19.5 Å². The Balaban J connectivity index is 1.76. The minimum Gasteiger partial charge on any atom is -0.486 e. The minimum atomic E-state index is 0.584. The van der Waals surface area contributed by atoms with Crippen LogP contribution in [0.15, 0.2) is 36.5 Å². The fraction of sp³-hybridized carbons (Fsp3) is 0.312. The van der Waals surface area contributed by atoms with E-state index in [-0.39, 0.29) is 0 Å². The van der Waals surface area contributed by atoms with Crippen LogP contribution in [0.25, 0.3) is 0 Å². The van der Waals surface area contributed by atoms with Gasteiger partial charge in [0.15, 0.2) is 11.5 Å². The molecule has 3 rings (SSSR count). The first-order valence-electron chi connectivity index (χ1n) is 7.07. The molecule has 2 heterocycles. The molecule has 1 aliphatic heterocycles. The topological polar surface area (TPSA) is 52.6 Å². The second kappa shape index (κ2) is 6.35. The van der Waals surface area contributed by atoms with Crippen LogP contribution in [0, 0.1) is 0 Å². The molecule has 0 radical (unpaired) electrons. The molecule has 0 saturated heterocycles. The SMILES string of the molecule is CCOc1ncccc1NCc1cccc2c1OCCO2. The highest BCUT2D eigenvalue weighted by Gasteiger charge is 2.15. The molecule has 0 unspecified atom stereocenters.